The van der Waals surface area contributed by atoms with Crippen LogP contribution in [-0.2, 0) is 0 Å². The van der Waals surface area contributed by atoms with Gasteiger partial charge in [0.1, 0.15) is 0 Å². The Bertz CT molecular complexity index is 415. The number of hydrogen-bond donors (Lipinski definition) is 0. The van der Waals surface area contributed by atoms with Gasteiger partial charge in [0.2, 0.25) is 0 Å². The maximum absolute atomic E-state index is 10.0. The number of rotatable bonds is 1. The van der Waals surface area contributed by atoms with E-state index in [1.54, 1.807) is 22.7 Å². The number of halogens is 1. The van der Waals surface area contributed by atoms with Crippen LogP contribution < -0.4 is 0 Å². The molecule has 15 heavy (non-hydrogen) atoms. The second kappa shape index (κ2) is 6.20. The molecule has 0 aliphatic heterocycles. The molecular formula is C11H11BrOS2. The zero-order valence-corrected chi connectivity index (χ0v) is 11.7. The van der Waals surface area contributed by atoms with Crippen molar-refractivity contribution in [3.8, 4) is 0 Å². The van der Waals surface area contributed by atoms with Crippen molar-refractivity contribution in [2.24, 2.45) is 0 Å². The molecule has 0 spiro atoms. The summed E-state index contributed by atoms with van der Waals surface area (Å²) < 4.78 is 1.19. The first kappa shape index (κ1) is 12.6. The maximum atomic E-state index is 10.0. The van der Waals surface area contributed by atoms with Crippen LogP contribution in [0.2, 0.25) is 0 Å². The fourth-order valence-corrected chi connectivity index (χ4v) is 2.92. The summed E-state index contributed by atoms with van der Waals surface area (Å²) in [6.07, 6.45) is 0.865. The first-order chi connectivity index (χ1) is 7.11. The highest BCUT2D eigenvalue weighted by Gasteiger charge is 1.89. The molecule has 0 N–H and O–H groups in total. The molecule has 80 valence electrons. The first-order valence-electron chi connectivity index (χ1n) is 4.33. The van der Waals surface area contributed by atoms with Crippen molar-refractivity contribution in [1.29, 1.82) is 0 Å². The predicted molar refractivity (Wildman–Crippen MR) is 71.2 cm³/mol. The molecule has 2 rings (SSSR count). The Morgan fingerprint density at radius 1 is 1.13 bits per heavy atom. The van der Waals surface area contributed by atoms with E-state index >= 15 is 0 Å². The Hall–Kier alpha value is -0.450. The molecule has 0 fully saturated rings. The SMILES string of the molecule is Cc1cc(Br)cs1.Cc1cc(C=O)cs1. The molecule has 0 radical (unpaired) electrons. The van der Waals surface area contributed by atoms with Gasteiger partial charge >= 0.3 is 0 Å². The van der Waals surface area contributed by atoms with Crippen molar-refractivity contribution in [3.63, 3.8) is 0 Å². The fraction of sp³-hybridized carbons (Fsp3) is 0.182. The monoisotopic (exact) mass is 302 g/mol. The molecule has 0 saturated carbocycles. The van der Waals surface area contributed by atoms with E-state index in [2.05, 4.69) is 34.3 Å². The van der Waals surface area contributed by atoms with Gasteiger partial charge in [0.15, 0.2) is 6.29 Å². The molecule has 0 amide bonds. The molecule has 0 saturated heterocycles. The van der Waals surface area contributed by atoms with Crippen LogP contribution in [0.5, 0.6) is 0 Å². The molecule has 2 heterocycles. The highest BCUT2D eigenvalue weighted by Crippen LogP contribution is 2.17. The van der Waals surface area contributed by atoms with Crippen LogP contribution in [0.15, 0.2) is 27.4 Å². The molecule has 0 bridgehead atoms. The molecule has 0 unspecified atom stereocenters. The molecule has 0 aliphatic carbocycles. The van der Waals surface area contributed by atoms with Crippen molar-refractivity contribution >= 4 is 44.9 Å². The van der Waals surface area contributed by atoms with Gasteiger partial charge in [-0.05, 0) is 41.9 Å². The minimum absolute atomic E-state index is 0.785. The quantitative estimate of drug-likeness (QED) is 0.699. The summed E-state index contributed by atoms with van der Waals surface area (Å²) in [6.45, 7) is 4.08. The molecule has 0 atom stereocenters. The Morgan fingerprint density at radius 3 is 1.93 bits per heavy atom. The number of carbonyl (C=O) groups is 1. The lowest BCUT2D eigenvalue weighted by Gasteiger charge is -1.70. The van der Waals surface area contributed by atoms with Gasteiger partial charge in [-0.2, -0.15) is 0 Å². The Balaban J connectivity index is 0.000000151. The summed E-state index contributed by atoms with van der Waals surface area (Å²) in [5.41, 5.74) is 0.785. The third kappa shape index (κ3) is 4.73. The van der Waals surface area contributed by atoms with Gasteiger partial charge in [-0.1, -0.05) is 0 Å². The molecule has 4 heteroatoms. The van der Waals surface area contributed by atoms with Crippen LogP contribution in [0.4, 0.5) is 0 Å². The van der Waals surface area contributed by atoms with Gasteiger partial charge < -0.3 is 0 Å². The molecule has 1 nitrogen and oxygen atoms in total. The third-order valence-electron chi connectivity index (χ3n) is 1.59. The summed E-state index contributed by atoms with van der Waals surface area (Å²) in [7, 11) is 0. The average molecular weight is 303 g/mol. The summed E-state index contributed by atoms with van der Waals surface area (Å²) >= 11 is 6.70. The molecule has 2 aromatic heterocycles. The number of carbonyl (C=O) groups excluding carboxylic acids is 1. The fourth-order valence-electron chi connectivity index (χ4n) is 0.937. The minimum atomic E-state index is 0.785. The van der Waals surface area contributed by atoms with E-state index in [4.69, 9.17) is 0 Å². The number of aldehydes is 1. The second-order valence-electron chi connectivity index (χ2n) is 2.98. The van der Waals surface area contributed by atoms with Crippen molar-refractivity contribution in [1.82, 2.24) is 0 Å². The van der Waals surface area contributed by atoms with E-state index in [9.17, 15) is 4.79 Å². The first-order valence-corrected chi connectivity index (χ1v) is 6.88. The number of thiophene rings is 2. The lowest BCUT2D eigenvalue weighted by molar-refractivity contribution is 0.112. The van der Waals surface area contributed by atoms with E-state index in [0.29, 0.717) is 0 Å². The summed E-state index contributed by atoms with van der Waals surface area (Å²) in [5, 5.41) is 3.93. The van der Waals surface area contributed by atoms with Gasteiger partial charge in [-0.25, -0.2) is 0 Å². The molecule has 0 aromatic carbocycles. The minimum Gasteiger partial charge on any atom is -0.298 e. The summed E-state index contributed by atoms with van der Waals surface area (Å²) in [4.78, 5) is 12.6. The van der Waals surface area contributed by atoms with Crippen molar-refractivity contribution in [2.45, 2.75) is 13.8 Å². The summed E-state index contributed by atoms with van der Waals surface area (Å²) in [5.74, 6) is 0. The zero-order chi connectivity index (χ0) is 11.3. The van der Waals surface area contributed by atoms with Crippen molar-refractivity contribution < 1.29 is 4.79 Å². The van der Waals surface area contributed by atoms with E-state index in [1.807, 2.05) is 18.4 Å². The van der Waals surface area contributed by atoms with Crippen LogP contribution in [0.1, 0.15) is 20.1 Å². The number of aryl methyl sites for hydroxylation is 2. The topological polar surface area (TPSA) is 17.1 Å². The van der Waals surface area contributed by atoms with Gasteiger partial charge in [0.05, 0.1) is 0 Å². The maximum Gasteiger partial charge on any atom is 0.150 e. The van der Waals surface area contributed by atoms with E-state index in [0.717, 1.165) is 11.8 Å². The van der Waals surface area contributed by atoms with Crippen LogP contribution in [-0.4, -0.2) is 6.29 Å². The zero-order valence-electron chi connectivity index (χ0n) is 8.49. The van der Waals surface area contributed by atoms with Crippen molar-refractivity contribution in [3.05, 3.63) is 42.7 Å². The Kier molecular flexibility index (Phi) is 5.22. The lowest BCUT2D eigenvalue weighted by atomic mass is 10.3. The van der Waals surface area contributed by atoms with E-state index in [-0.39, 0.29) is 0 Å². The molecule has 2 aromatic rings. The average Bonchev–Trinajstić information content (AvgIpc) is 2.76. The normalized spacial score (nSPS) is 9.27. The van der Waals surface area contributed by atoms with Gasteiger partial charge in [0, 0.05) is 30.6 Å². The molecule has 0 aliphatic rings. The van der Waals surface area contributed by atoms with Gasteiger partial charge in [0.25, 0.3) is 0 Å². The van der Waals surface area contributed by atoms with Crippen LogP contribution in [0.25, 0.3) is 0 Å². The largest absolute Gasteiger partial charge is 0.298 e. The second-order valence-corrected chi connectivity index (χ2v) is 6.13. The third-order valence-corrected chi connectivity index (χ3v) is 4.09. The van der Waals surface area contributed by atoms with E-state index in [1.165, 1.54) is 14.2 Å². The highest BCUT2D eigenvalue weighted by atomic mass is 79.9. The van der Waals surface area contributed by atoms with Crippen LogP contribution >= 0.6 is 38.6 Å². The van der Waals surface area contributed by atoms with Crippen molar-refractivity contribution in [2.75, 3.05) is 0 Å². The lowest BCUT2D eigenvalue weighted by Crippen LogP contribution is -1.66. The molecular weight excluding hydrogens is 292 g/mol. The van der Waals surface area contributed by atoms with Gasteiger partial charge in [-0.3, -0.25) is 4.79 Å². The van der Waals surface area contributed by atoms with E-state index < -0.39 is 0 Å². The van der Waals surface area contributed by atoms with Crippen LogP contribution in [0.3, 0.4) is 0 Å². The standard InChI is InChI=1S/C6H6OS.C5H5BrS/c1-5-2-6(3-7)4-8-5;1-4-2-5(6)3-7-4/h2-4H,1H3;2-3H,1H3. The van der Waals surface area contributed by atoms with Gasteiger partial charge in [-0.15, -0.1) is 22.7 Å². The summed E-state index contributed by atoms with van der Waals surface area (Å²) in [6, 6.07) is 3.97. The van der Waals surface area contributed by atoms with Crippen LogP contribution in [0, 0.1) is 13.8 Å². The predicted octanol–water partition coefficient (Wildman–Crippen LogP) is 4.69. The Morgan fingerprint density at radius 2 is 1.73 bits per heavy atom. The smallest absolute Gasteiger partial charge is 0.150 e. The number of hydrogen-bond acceptors (Lipinski definition) is 3. The Labute approximate surface area is 106 Å². The highest BCUT2D eigenvalue weighted by molar-refractivity contribution is 9.10.